The minimum Gasteiger partial charge on any atom is -0.478 e. The van der Waals surface area contributed by atoms with Crippen molar-refractivity contribution in [2.75, 3.05) is 5.84 Å². The molecule has 0 aliphatic heterocycles. The zero-order valence-corrected chi connectivity index (χ0v) is 14.4. The number of halogens is 1. The first-order valence-corrected chi connectivity index (χ1v) is 8.88. The van der Waals surface area contributed by atoms with E-state index in [-0.39, 0.29) is 16.9 Å². The third-order valence-corrected chi connectivity index (χ3v) is 5.68. The molecule has 0 radical (unpaired) electrons. The van der Waals surface area contributed by atoms with Crippen molar-refractivity contribution in [1.29, 1.82) is 0 Å². The molecule has 25 heavy (non-hydrogen) atoms. The Morgan fingerprint density at radius 1 is 1.16 bits per heavy atom. The van der Waals surface area contributed by atoms with Gasteiger partial charge in [0.05, 0.1) is 16.8 Å². The molecule has 0 spiro atoms. The van der Waals surface area contributed by atoms with Crippen molar-refractivity contribution in [3.05, 3.63) is 59.7 Å². The molecule has 1 fully saturated rings. The Hall–Kier alpha value is -2.46. The second kappa shape index (κ2) is 6.12. The summed E-state index contributed by atoms with van der Waals surface area (Å²) in [5.41, 5.74) is 3.65. The lowest BCUT2D eigenvalue weighted by atomic mass is 9.95. The zero-order chi connectivity index (χ0) is 17.6. The van der Waals surface area contributed by atoms with E-state index in [1.165, 1.54) is 0 Å². The van der Waals surface area contributed by atoms with E-state index in [1.807, 2.05) is 24.3 Å². The van der Waals surface area contributed by atoms with E-state index in [0.29, 0.717) is 11.3 Å². The summed E-state index contributed by atoms with van der Waals surface area (Å²) >= 11 is 6.53. The number of rotatable bonds is 3. The summed E-state index contributed by atoms with van der Waals surface area (Å²) in [6, 6.07) is 15.0. The minimum atomic E-state index is -0.960. The van der Waals surface area contributed by atoms with Gasteiger partial charge in [-0.1, -0.05) is 42.8 Å². The Kier molecular flexibility index (Phi) is 3.92. The van der Waals surface area contributed by atoms with Gasteiger partial charge in [-0.05, 0) is 30.5 Å². The van der Waals surface area contributed by atoms with Crippen LogP contribution in [0.3, 0.4) is 0 Å². The molecule has 128 valence electrons. The first-order valence-electron chi connectivity index (χ1n) is 8.44. The molecule has 1 aliphatic rings. The molecule has 1 aromatic heterocycles. The van der Waals surface area contributed by atoms with Gasteiger partial charge < -0.3 is 10.9 Å². The molecule has 0 bridgehead atoms. The summed E-state index contributed by atoms with van der Waals surface area (Å²) in [7, 11) is 0. The molecule has 3 aromatic rings. The maximum absolute atomic E-state index is 11.6. The van der Waals surface area contributed by atoms with E-state index < -0.39 is 5.97 Å². The highest BCUT2D eigenvalue weighted by Gasteiger charge is 2.29. The number of fused-ring (bicyclic) bond motifs is 1. The van der Waals surface area contributed by atoms with Crippen LogP contribution in [0.2, 0.25) is 0 Å². The number of carbonyl (C=O) groups is 1. The van der Waals surface area contributed by atoms with Crippen LogP contribution >= 0.6 is 11.6 Å². The lowest BCUT2D eigenvalue weighted by molar-refractivity contribution is 0.0697. The summed E-state index contributed by atoms with van der Waals surface area (Å²) in [6.45, 7) is 0. The zero-order valence-electron chi connectivity index (χ0n) is 13.7. The van der Waals surface area contributed by atoms with Crippen molar-refractivity contribution in [3.8, 4) is 11.3 Å². The number of nitrogens with two attached hydrogens (primary N) is 1. The molecule has 0 saturated heterocycles. The predicted molar refractivity (Wildman–Crippen MR) is 101 cm³/mol. The summed E-state index contributed by atoms with van der Waals surface area (Å²) in [5.74, 6) is 5.76. The first kappa shape index (κ1) is 16.0. The van der Waals surface area contributed by atoms with Crippen molar-refractivity contribution < 1.29 is 9.90 Å². The van der Waals surface area contributed by atoms with Crippen LogP contribution in [0.5, 0.6) is 0 Å². The molecule has 5 heteroatoms. The van der Waals surface area contributed by atoms with Gasteiger partial charge in [0.1, 0.15) is 0 Å². The third kappa shape index (κ3) is 2.57. The fourth-order valence-electron chi connectivity index (χ4n) is 3.98. The van der Waals surface area contributed by atoms with Gasteiger partial charge in [-0.3, -0.25) is 4.68 Å². The van der Waals surface area contributed by atoms with Crippen LogP contribution in [0, 0.1) is 0 Å². The number of nitrogen functional groups attached to an aromatic ring is 1. The van der Waals surface area contributed by atoms with Gasteiger partial charge >= 0.3 is 5.97 Å². The maximum Gasteiger partial charge on any atom is 0.336 e. The number of aromatic nitrogens is 1. The molecule has 3 N–H and O–H groups in total. The lowest BCUT2D eigenvalue weighted by Gasteiger charge is -2.17. The van der Waals surface area contributed by atoms with Gasteiger partial charge in [-0.25, -0.2) is 4.79 Å². The number of para-hydroxylation sites is 1. The predicted octanol–water partition coefficient (Wildman–Crippen LogP) is 4.60. The molecular weight excluding hydrogens is 336 g/mol. The fraction of sp³-hybridized carbons (Fsp3) is 0.250. The van der Waals surface area contributed by atoms with Crippen molar-refractivity contribution in [1.82, 2.24) is 4.68 Å². The van der Waals surface area contributed by atoms with Crippen LogP contribution in [-0.2, 0) is 0 Å². The Balaban J connectivity index is 1.94. The Morgan fingerprint density at radius 3 is 2.68 bits per heavy atom. The van der Waals surface area contributed by atoms with E-state index in [2.05, 4.69) is 6.07 Å². The Labute approximate surface area is 150 Å². The number of hydrogen-bond acceptors (Lipinski definition) is 2. The van der Waals surface area contributed by atoms with Gasteiger partial charge in [0.2, 0.25) is 0 Å². The van der Waals surface area contributed by atoms with Gasteiger partial charge in [-0.2, -0.15) is 0 Å². The molecule has 1 heterocycles. The standard InChI is InChI=1S/C20H19ClN2O2/c21-17-10-4-8-13(17)15-9-3-5-12-11-18(23(22)19(12)15)14-6-1-2-7-16(14)20(24)25/h1-3,5-7,9,11,13,17H,4,8,10,22H2,(H,24,25). The number of benzene rings is 2. The first-order chi connectivity index (χ1) is 12.1. The molecule has 1 aliphatic carbocycles. The minimum absolute atomic E-state index is 0.121. The highest BCUT2D eigenvalue weighted by molar-refractivity contribution is 6.21. The average Bonchev–Trinajstić information content (AvgIpc) is 3.18. The number of alkyl halides is 1. The Bertz CT molecular complexity index is 963. The largest absolute Gasteiger partial charge is 0.478 e. The van der Waals surface area contributed by atoms with E-state index >= 15 is 0 Å². The number of hydrogen-bond donors (Lipinski definition) is 2. The quantitative estimate of drug-likeness (QED) is 0.533. The van der Waals surface area contributed by atoms with Gasteiger partial charge in [-0.15, -0.1) is 11.6 Å². The summed E-state index contributed by atoms with van der Waals surface area (Å²) in [5, 5.41) is 10.6. The van der Waals surface area contributed by atoms with Crippen LogP contribution in [0.4, 0.5) is 0 Å². The van der Waals surface area contributed by atoms with E-state index in [4.69, 9.17) is 17.4 Å². The molecule has 4 nitrogen and oxygen atoms in total. The van der Waals surface area contributed by atoms with Crippen molar-refractivity contribution in [2.24, 2.45) is 0 Å². The monoisotopic (exact) mass is 354 g/mol. The highest BCUT2D eigenvalue weighted by Crippen LogP contribution is 2.42. The molecule has 2 atom stereocenters. The smallest absolute Gasteiger partial charge is 0.336 e. The van der Waals surface area contributed by atoms with E-state index in [1.54, 1.807) is 22.9 Å². The SMILES string of the molecule is Nn1c(-c2ccccc2C(=O)O)cc2cccc(C3CCCC3Cl)c21. The second-order valence-electron chi connectivity index (χ2n) is 6.59. The van der Waals surface area contributed by atoms with E-state index in [9.17, 15) is 9.90 Å². The summed E-state index contributed by atoms with van der Waals surface area (Å²) < 4.78 is 1.62. The Morgan fingerprint density at radius 2 is 1.96 bits per heavy atom. The van der Waals surface area contributed by atoms with Gasteiger partial charge in [0.25, 0.3) is 0 Å². The summed E-state index contributed by atoms with van der Waals surface area (Å²) in [4.78, 5) is 11.6. The van der Waals surface area contributed by atoms with Gasteiger partial charge in [0.15, 0.2) is 0 Å². The van der Waals surface area contributed by atoms with Crippen LogP contribution < -0.4 is 5.84 Å². The molecule has 4 rings (SSSR count). The van der Waals surface area contributed by atoms with Crippen LogP contribution in [0.15, 0.2) is 48.5 Å². The van der Waals surface area contributed by atoms with Crippen LogP contribution in [0.25, 0.3) is 22.2 Å². The lowest BCUT2D eigenvalue weighted by Crippen LogP contribution is -2.14. The topological polar surface area (TPSA) is 68.2 Å². The van der Waals surface area contributed by atoms with Gasteiger partial charge in [0, 0.05) is 22.2 Å². The molecule has 2 aromatic carbocycles. The number of carboxylic acids is 1. The third-order valence-electron chi connectivity index (χ3n) is 5.16. The fourth-order valence-corrected chi connectivity index (χ4v) is 4.39. The number of nitrogens with zero attached hydrogens (tertiary/aromatic N) is 1. The normalized spacial score (nSPS) is 20.2. The molecule has 2 unspecified atom stereocenters. The highest BCUT2D eigenvalue weighted by atomic mass is 35.5. The molecular formula is C20H19ClN2O2. The second-order valence-corrected chi connectivity index (χ2v) is 7.15. The molecule has 0 amide bonds. The van der Waals surface area contributed by atoms with Crippen LogP contribution in [-0.4, -0.2) is 21.1 Å². The van der Waals surface area contributed by atoms with Crippen LogP contribution in [0.1, 0.15) is 41.1 Å². The maximum atomic E-state index is 11.6. The van der Waals surface area contributed by atoms with E-state index in [0.717, 1.165) is 35.7 Å². The number of carboxylic acid groups (broad SMARTS) is 1. The average molecular weight is 355 g/mol. The molecule has 1 saturated carbocycles. The van der Waals surface area contributed by atoms with Crippen molar-refractivity contribution >= 4 is 28.5 Å². The van der Waals surface area contributed by atoms with Crippen molar-refractivity contribution in [3.63, 3.8) is 0 Å². The number of aromatic carboxylic acids is 1. The van der Waals surface area contributed by atoms with Crippen molar-refractivity contribution in [2.45, 2.75) is 30.6 Å². The summed E-state index contributed by atoms with van der Waals surface area (Å²) in [6.07, 6.45) is 3.19.